The standard InChI is InChI=1S/C20H31NO4/c1-12-9-20(14(3)21-10-13(12)2)7-6-15(18(22)23)8-16(20)17-11-24-19(4,5)25-17/h8,12-13,16-17H,6-7,9-11H2,1-5H3,(H,22,23)/t12-,13-,16+,17+,20-/m0/s1. The maximum Gasteiger partial charge on any atom is 0.163 e. The Labute approximate surface area is 150 Å². The fourth-order valence-corrected chi connectivity index (χ4v) is 4.81. The molecule has 0 unspecified atom stereocenters. The fourth-order valence-electron chi connectivity index (χ4n) is 4.81. The van der Waals surface area contributed by atoms with Crippen LogP contribution < -0.4 is 10.1 Å². The smallest absolute Gasteiger partial charge is 0.163 e. The normalized spacial score (nSPS) is 41.2. The van der Waals surface area contributed by atoms with Gasteiger partial charge in [-0.25, -0.2) is 4.99 Å². The molecule has 1 aliphatic carbocycles. The van der Waals surface area contributed by atoms with Crippen LogP contribution in [0.5, 0.6) is 0 Å². The second kappa shape index (κ2) is 6.51. The fraction of sp³-hybridized carbons (Fsp3) is 0.800. The number of carbonyl (C=O) groups is 1. The average molecular weight is 349 g/mol. The molecule has 0 aromatic rings. The highest BCUT2D eigenvalue weighted by atomic mass is 16.7. The minimum Gasteiger partial charge on any atom is -0.545 e. The third-order valence-electron chi connectivity index (χ3n) is 6.65. The summed E-state index contributed by atoms with van der Waals surface area (Å²) in [6, 6.07) is 0. The van der Waals surface area contributed by atoms with Crippen LogP contribution in [0.4, 0.5) is 0 Å². The highest BCUT2D eigenvalue weighted by Gasteiger charge is 2.53. The number of hydrogen-bond donors (Lipinski definition) is 1. The van der Waals surface area contributed by atoms with Gasteiger partial charge in [0.15, 0.2) is 11.5 Å². The average Bonchev–Trinajstić information content (AvgIpc) is 2.87. The summed E-state index contributed by atoms with van der Waals surface area (Å²) in [5, 5.41) is 11.5. The molecule has 0 radical (unpaired) electrons. The van der Waals surface area contributed by atoms with Gasteiger partial charge in [-0.3, -0.25) is 0 Å². The summed E-state index contributed by atoms with van der Waals surface area (Å²) in [5.41, 5.74) is 1.56. The van der Waals surface area contributed by atoms with Gasteiger partial charge in [0.2, 0.25) is 0 Å². The SMILES string of the molecule is CC1=[NH+]C[C@H](C)[C@@H](C)C[C@@]12CCC(C(=O)[O-])=C[C@@H]2[C@H]1COC(C)(C)O1. The van der Waals surface area contributed by atoms with Gasteiger partial charge in [-0.15, -0.1) is 0 Å². The molecular weight excluding hydrogens is 318 g/mol. The van der Waals surface area contributed by atoms with Gasteiger partial charge in [0.05, 0.1) is 24.1 Å². The molecule has 2 heterocycles. The van der Waals surface area contributed by atoms with E-state index in [1.54, 1.807) is 0 Å². The quantitative estimate of drug-likeness (QED) is 0.785. The Morgan fingerprint density at radius 1 is 1.32 bits per heavy atom. The maximum absolute atomic E-state index is 11.5. The van der Waals surface area contributed by atoms with E-state index in [1.165, 1.54) is 5.71 Å². The third kappa shape index (κ3) is 3.41. The number of hydrogen-bond acceptors (Lipinski definition) is 4. The van der Waals surface area contributed by atoms with E-state index in [-0.39, 0.29) is 17.4 Å². The summed E-state index contributed by atoms with van der Waals surface area (Å²) in [6.07, 6.45) is 4.17. The zero-order chi connectivity index (χ0) is 18.4. The third-order valence-corrected chi connectivity index (χ3v) is 6.65. The van der Waals surface area contributed by atoms with Crippen molar-refractivity contribution in [3.05, 3.63) is 11.6 Å². The molecule has 0 aromatic carbocycles. The van der Waals surface area contributed by atoms with Gasteiger partial charge in [-0.2, -0.15) is 0 Å². The van der Waals surface area contributed by atoms with Crippen LogP contribution in [-0.2, 0) is 14.3 Å². The molecular formula is C20H31NO4. The lowest BCUT2D eigenvalue weighted by atomic mass is 9.59. The molecule has 0 bridgehead atoms. The predicted molar refractivity (Wildman–Crippen MR) is 92.6 cm³/mol. The Morgan fingerprint density at radius 2 is 2.04 bits per heavy atom. The molecule has 1 saturated heterocycles. The van der Waals surface area contributed by atoms with Crippen LogP contribution in [0.2, 0.25) is 0 Å². The van der Waals surface area contributed by atoms with E-state index in [9.17, 15) is 9.90 Å². The zero-order valence-corrected chi connectivity index (χ0v) is 16.1. The number of aliphatic carboxylic acids is 1. The van der Waals surface area contributed by atoms with Crippen molar-refractivity contribution in [2.24, 2.45) is 23.2 Å². The molecule has 1 N–H and O–H groups in total. The van der Waals surface area contributed by atoms with Crippen LogP contribution in [0.25, 0.3) is 0 Å². The molecule has 2 aliphatic heterocycles. The van der Waals surface area contributed by atoms with Crippen LogP contribution in [0, 0.1) is 23.2 Å². The summed E-state index contributed by atoms with van der Waals surface area (Å²) in [7, 11) is 0. The summed E-state index contributed by atoms with van der Waals surface area (Å²) in [5.74, 6) is -0.557. The van der Waals surface area contributed by atoms with Crippen molar-refractivity contribution in [2.45, 2.75) is 65.8 Å². The first-order chi connectivity index (χ1) is 11.6. The number of carbonyl (C=O) groups excluding carboxylic acids is 1. The monoisotopic (exact) mass is 349 g/mol. The molecule has 0 aromatic heterocycles. The van der Waals surface area contributed by atoms with Crippen molar-refractivity contribution in [2.75, 3.05) is 13.2 Å². The van der Waals surface area contributed by atoms with Gasteiger partial charge in [0, 0.05) is 18.8 Å². The Balaban J connectivity index is 2.03. The first kappa shape index (κ1) is 18.6. The van der Waals surface area contributed by atoms with Crippen molar-refractivity contribution in [3.63, 3.8) is 0 Å². The number of rotatable bonds is 2. The molecule has 0 saturated carbocycles. The molecule has 3 rings (SSSR count). The number of ether oxygens (including phenoxy) is 2. The molecule has 1 spiro atoms. The van der Waals surface area contributed by atoms with E-state index in [4.69, 9.17) is 9.47 Å². The van der Waals surface area contributed by atoms with Crippen LogP contribution >= 0.6 is 0 Å². The Bertz CT molecular complexity index is 609. The summed E-state index contributed by atoms with van der Waals surface area (Å²) < 4.78 is 12.0. The summed E-state index contributed by atoms with van der Waals surface area (Å²) in [6.45, 7) is 12.0. The van der Waals surface area contributed by atoms with Crippen molar-refractivity contribution in [3.8, 4) is 0 Å². The molecule has 5 nitrogen and oxygen atoms in total. The van der Waals surface area contributed by atoms with Gasteiger partial charge in [-0.1, -0.05) is 19.9 Å². The zero-order valence-electron chi connectivity index (χ0n) is 16.1. The van der Waals surface area contributed by atoms with E-state index in [0.29, 0.717) is 30.4 Å². The van der Waals surface area contributed by atoms with Crippen molar-refractivity contribution in [1.82, 2.24) is 0 Å². The second-order valence-electron chi connectivity index (χ2n) is 8.69. The van der Waals surface area contributed by atoms with Crippen LogP contribution in [-0.4, -0.2) is 36.7 Å². The van der Waals surface area contributed by atoms with Gasteiger partial charge >= 0.3 is 0 Å². The van der Waals surface area contributed by atoms with E-state index < -0.39 is 11.8 Å². The molecule has 3 aliphatic rings. The van der Waals surface area contributed by atoms with Crippen LogP contribution in [0.1, 0.15) is 53.9 Å². The van der Waals surface area contributed by atoms with E-state index >= 15 is 0 Å². The Kier molecular flexibility index (Phi) is 4.84. The topological polar surface area (TPSA) is 72.6 Å². The predicted octanol–water partition coefficient (Wildman–Crippen LogP) is 0.428. The highest BCUT2D eigenvalue weighted by Crippen LogP contribution is 2.50. The maximum atomic E-state index is 11.5. The number of carboxylic acid groups (broad SMARTS) is 1. The first-order valence-corrected chi connectivity index (χ1v) is 9.46. The highest BCUT2D eigenvalue weighted by molar-refractivity contribution is 5.88. The van der Waals surface area contributed by atoms with E-state index in [1.807, 2.05) is 19.9 Å². The first-order valence-electron chi connectivity index (χ1n) is 9.46. The lowest BCUT2D eigenvalue weighted by Gasteiger charge is -2.44. The molecule has 25 heavy (non-hydrogen) atoms. The van der Waals surface area contributed by atoms with Gasteiger partial charge in [0.25, 0.3) is 0 Å². The lowest BCUT2D eigenvalue weighted by molar-refractivity contribution is -0.469. The minimum atomic E-state index is -1.06. The summed E-state index contributed by atoms with van der Waals surface area (Å²) in [4.78, 5) is 15.1. The van der Waals surface area contributed by atoms with E-state index in [2.05, 4.69) is 25.8 Å². The van der Waals surface area contributed by atoms with Crippen molar-refractivity contribution in [1.29, 1.82) is 0 Å². The second-order valence-corrected chi connectivity index (χ2v) is 8.69. The van der Waals surface area contributed by atoms with Gasteiger partial charge in [-0.05, 0) is 44.6 Å². The van der Waals surface area contributed by atoms with Crippen molar-refractivity contribution < 1.29 is 24.4 Å². The van der Waals surface area contributed by atoms with Crippen molar-refractivity contribution >= 4 is 11.7 Å². The Hall–Kier alpha value is -1.20. The molecule has 0 amide bonds. The number of carboxylic acids is 1. The molecule has 5 atom stereocenters. The Morgan fingerprint density at radius 3 is 2.64 bits per heavy atom. The summed E-state index contributed by atoms with van der Waals surface area (Å²) >= 11 is 0. The molecule has 5 heteroatoms. The van der Waals surface area contributed by atoms with Gasteiger partial charge in [0.1, 0.15) is 6.54 Å². The molecule has 140 valence electrons. The van der Waals surface area contributed by atoms with Crippen LogP contribution in [0.15, 0.2) is 11.6 Å². The number of nitrogens with one attached hydrogen (secondary N) is 1. The van der Waals surface area contributed by atoms with Crippen LogP contribution in [0.3, 0.4) is 0 Å². The lowest BCUT2D eigenvalue weighted by Crippen LogP contribution is -2.76. The molecule has 1 fully saturated rings. The van der Waals surface area contributed by atoms with E-state index in [0.717, 1.165) is 19.4 Å². The minimum absolute atomic E-state index is 0.0174. The largest absolute Gasteiger partial charge is 0.545 e. The van der Waals surface area contributed by atoms with Gasteiger partial charge < -0.3 is 19.4 Å².